The Hall–Kier alpha value is -2.44. The molecule has 0 aromatic heterocycles. The van der Waals surface area contributed by atoms with Crippen molar-refractivity contribution >= 4 is 12.1 Å². The minimum absolute atomic E-state index is 0.247. The van der Waals surface area contributed by atoms with Crippen LogP contribution in [0.25, 0.3) is 0 Å². The molecule has 1 aliphatic rings. The van der Waals surface area contributed by atoms with Gasteiger partial charge in [-0.25, -0.2) is 4.79 Å². The maximum atomic E-state index is 11.6. The molecule has 0 radical (unpaired) electrons. The van der Waals surface area contributed by atoms with E-state index in [0.29, 0.717) is 25.0 Å². The van der Waals surface area contributed by atoms with Crippen LogP contribution in [-0.2, 0) is 4.74 Å². The number of nitrogens with one attached hydrogen (secondary N) is 2. The lowest BCUT2D eigenvalue weighted by Crippen LogP contribution is -2.49. The smallest absolute Gasteiger partial charge is 0.409 e. The number of methoxy groups -OCH3 is 2. The van der Waals surface area contributed by atoms with Crippen molar-refractivity contribution < 1.29 is 14.3 Å². The molecule has 1 heterocycles. The predicted octanol–water partition coefficient (Wildman–Crippen LogP) is 2.58. The Labute approximate surface area is 162 Å². The largest absolute Gasteiger partial charge is 0.497 e. The van der Waals surface area contributed by atoms with Gasteiger partial charge in [0.05, 0.1) is 14.2 Å². The van der Waals surface area contributed by atoms with Crippen molar-refractivity contribution in [3.05, 3.63) is 29.8 Å². The molecule has 0 aliphatic carbocycles. The Morgan fingerprint density at radius 1 is 1.26 bits per heavy atom. The zero-order valence-corrected chi connectivity index (χ0v) is 16.8. The van der Waals surface area contributed by atoms with E-state index in [1.54, 1.807) is 19.1 Å². The molecule has 1 atom stereocenters. The summed E-state index contributed by atoms with van der Waals surface area (Å²) in [5, 5.41) is 6.85. The van der Waals surface area contributed by atoms with Gasteiger partial charge < -0.3 is 25.0 Å². The molecule has 2 N–H and O–H groups in total. The van der Waals surface area contributed by atoms with Gasteiger partial charge in [-0.1, -0.05) is 19.1 Å². The highest BCUT2D eigenvalue weighted by atomic mass is 16.5. The van der Waals surface area contributed by atoms with E-state index in [9.17, 15) is 4.79 Å². The lowest BCUT2D eigenvalue weighted by atomic mass is 9.98. The summed E-state index contributed by atoms with van der Waals surface area (Å²) in [6, 6.07) is 8.55. The maximum absolute atomic E-state index is 11.6. The van der Waals surface area contributed by atoms with E-state index >= 15 is 0 Å². The number of hydrogen-bond acceptors (Lipinski definition) is 4. The fourth-order valence-corrected chi connectivity index (χ4v) is 3.23. The summed E-state index contributed by atoms with van der Waals surface area (Å²) in [6.45, 7) is 4.47. The zero-order chi connectivity index (χ0) is 19.6. The summed E-state index contributed by atoms with van der Waals surface area (Å²) >= 11 is 0. The van der Waals surface area contributed by atoms with Gasteiger partial charge in [-0.05, 0) is 42.9 Å². The van der Waals surface area contributed by atoms with Gasteiger partial charge in [-0.2, -0.15) is 0 Å². The normalized spacial score (nSPS) is 16.6. The second-order valence-electron chi connectivity index (χ2n) is 6.84. The average Bonchev–Trinajstić information content (AvgIpc) is 2.72. The lowest BCUT2D eigenvalue weighted by molar-refractivity contribution is 0.111. The highest BCUT2D eigenvalue weighted by molar-refractivity contribution is 5.80. The number of hydrogen-bond donors (Lipinski definition) is 2. The fourth-order valence-electron chi connectivity index (χ4n) is 3.23. The third-order valence-electron chi connectivity index (χ3n) is 5.05. The van der Waals surface area contributed by atoms with Crippen molar-refractivity contribution in [1.29, 1.82) is 0 Å². The topological polar surface area (TPSA) is 75.2 Å². The molecule has 0 saturated carbocycles. The van der Waals surface area contributed by atoms with Crippen LogP contribution in [0.2, 0.25) is 0 Å². The first-order valence-electron chi connectivity index (χ1n) is 9.51. The van der Waals surface area contributed by atoms with Crippen LogP contribution in [0.15, 0.2) is 29.3 Å². The molecule has 27 heavy (non-hydrogen) atoms. The van der Waals surface area contributed by atoms with Crippen molar-refractivity contribution in [3.63, 3.8) is 0 Å². The van der Waals surface area contributed by atoms with Gasteiger partial charge in [-0.3, -0.25) is 4.99 Å². The number of likely N-dealkylation sites (tertiary alicyclic amines) is 1. The lowest BCUT2D eigenvalue weighted by Gasteiger charge is -2.32. The van der Waals surface area contributed by atoms with Crippen molar-refractivity contribution in [3.8, 4) is 5.75 Å². The monoisotopic (exact) mass is 376 g/mol. The minimum atomic E-state index is -0.247. The van der Waals surface area contributed by atoms with E-state index in [4.69, 9.17) is 9.47 Å². The van der Waals surface area contributed by atoms with Gasteiger partial charge in [0.1, 0.15) is 5.75 Å². The maximum Gasteiger partial charge on any atom is 0.409 e. The summed E-state index contributed by atoms with van der Waals surface area (Å²) in [4.78, 5) is 17.6. The van der Waals surface area contributed by atoms with E-state index in [1.807, 2.05) is 12.1 Å². The first-order chi connectivity index (χ1) is 13.1. The first-order valence-corrected chi connectivity index (χ1v) is 9.51. The highest BCUT2D eigenvalue weighted by Crippen LogP contribution is 2.21. The predicted molar refractivity (Wildman–Crippen MR) is 108 cm³/mol. The molecule has 0 spiro atoms. The summed E-state index contributed by atoms with van der Waals surface area (Å²) in [7, 11) is 4.89. The Morgan fingerprint density at radius 2 is 1.93 bits per heavy atom. The van der Waals surface area contributed by atoms with Crippen LogP contribution in [0.4, 0.5) is 4.79 Å². The molecule has 7 nitrogen and oxygen atoms in total. The van der Waals surface area contributed by atoms with Crippen molar-refractivity contribution in [2.75, 3.05) is 40.9 Å². The average molecular weight is 377 g/mol. The van der Waals surface area contributed by atoms with E-state index < -0.39 is 0 Å². The number of amides is 1. The van der Waals surface area contributed by atoms with Gasteiger partial charge in [0.15, 0.2) is 5.96 Å². The van der Waals surface area contributed by atoms with Gasteiger partial charge in [0, 0.05) is 32.7 Å². The molecule has 0 bridgehead atoms. The Bertz CT molecular complexity index is 610. The van der Waals surface area contributed by atoms with Crippen LogP contribution in [0.5, 0.6) is 5.75 Å². The number of rotatable bonds is 6. The van der Waals surface area contributed by atoms with E-state index in [1.165, 1.54) is 12.7 Å². The molecule has 1 amide bonds. The van der Waals surface area contributed by atoms with Gasteiger partial charge in [0.2, 0.25) is 0 Å². The molecule has 1 saturated heterocycles. The number of carbonyl (C=O) groups is 1. The fraction of sp³-hybridized carbons (Fsp3) is 0.600. The number of aliphatic imine (C=N–C) groups is 1. The van der Waals surface area contributed by atoms with Gasteiger partial charge >= 0.3 is 6.09 Å². The Kier molecular flexibility index (Phi) is 8.23. The number of nitrogens with zero attached hydrogens (tertiary/aromatic N) is 2. The van der Waals surface area contributed by atoms with E-state index in [-0.39, 0.29) is 6.09 Å². The minimum Gasteiger partial charge on any atom is -0.497 e. The summed E-state index contributed by atoms with van der Waals surface area (Å²) in [6.07, 6.45) is 2.53. The van der Waals surface area contributed by atoms with Crippen LogP contribution < -0.4 is 15.4 Å². The first kappa shape index (κ1) is 20.9. The molecule has 1 aromatic carbocycles. The van der Waals surface area contributed by atoms with Crippen LogP contribution in [-0.4, -0.2) is 63.9 Å². The molecular formula is C20H32N4O3. The number of piperidine rings is 1. The molecule has 1 aromatic rings. The molecule has 1 aliphatic heterocycles. The molecule has 150 valence electrons. The van der Waals surface area contributed by atoms with Crippen LogP contribution in [0.1, 0.15) is 37.7 Å². The van der Waals surface area contributed by atoms with Crippen LogP contribution in [0.3, 0.4) is 0 Å². The van der Waals surface area contributed by atoms with Crippen molar-refractivity contribution in [2.24, 2.45) is 4.99 Å². The second kappa shape index (κ2) is 10.6. The molecule has 1 unspecified atom stereocenters. The zero-order valence-electron chi connectivity index (χ0n) is 16.8. The summed E-state index contributed by atoms with van der Waals surface area (Å²) in [5.41, 5.74) is 1.30. The standard InChI is InChI=1S/C20H32N4O3/c1-15(16-5-7-18(26-3)8-6-16)9-12-22-19(21-2)23-17-10-13-24(14-11-17)20(25)27-4/h5-8,15,17H,9-14H2,1-4H3,(H2,21,22,23). The molecule has 1 fully saturated rings. The van der Waals surface area contributed by atoms with Gasteiger partial charge in [0.25, 0.3) is 0 Å². The highest BCUT2D eigenvalue weighted by Gasteiger charge is 2.23. The Balaban J connectivity index is 1.71. The number of guanidine groups is 1. The Morgan fingerprint density at radius 3 is 2.48 bits per heavy atom. The SMILES string of the molecule is CN=C(NCCC(C)c1ccc(OC)cc1)NC1CCN(C(=O)OC)CC1. The number of carbonyl (C=O) groups excluding carboxylic acids is 1. The van der Waals surface area contributed by atoms with E-state index in [0.717, 1.165) is 37.5 Å². The number of ether oxygens (including phenoxy) is 2. The quantitative estimate of drug-likeness (QED) is 0.590. The second-order valence-corrected chi connectivity index (χ2v) is 6.84. The molecular weight excluding hydrogens is 344 g/mol. The number of benzene rings is 1. The summed E-state index contributed by atoms with van der Waals surface area (Å²) in [5.74, 6) is 2.14. The van der Waals surface area contributed by atoms with E-state index in [2.05, 4.69) is 34.7 Å². The third kappa shape index (κ3) is 6.34. The molecule has 2 rings (SSSR count). The summed E-state index contributed by atoms with van der Waals surface area (Å²) < 4.78 is 9.98. The van der Waals surface area contributed by atoms with Crippen LogP contribution >= 0.6 is 0 Å². The van der Waals surface area contributed by atoms with Gasteiger partial charge in [-0.15, -0.1) is 0 Å². The van der Waals surface area contributed by atoms with Crippen molar-refractivity contribution in [1.82, 2.24) is 15.5 Å². The van der Waals surface area contributed by atoms with Crippen molar-refractivity contribution in [2.45, 2.75) is 38.1 Å². The third-order valence-corrected chi connectivity index (χ3v) is 5.05. The van der Waals surface area contributed by atoms with Crippen LogP contribution in [0, 0.1) is 0 Å². The molecule has 7 heteroatoms.